The van der Waals surface area contributed by atoms with E-state index in [1.165, 1.54) is 53.7 Å². The fourth-order valence-electron chi connectivity index (χ4n) is 4.44. The molecule has 10 nitrogen and oxygen atoms in total. The van der Waals surface area contributed by atoms with Gasteiger partial charge in [-0.25, -0.2) is 9.37 Å². The first kappa shape index (κ1) is 27.6. The van der Waals surface area contributed by atoms with Gasteiger partial charge in [-0.1, -0.05) is 41.9 Å². The summed E-state index contributed by atoms with van der Waals surface area (Å²) >= 11 is 7.63. The van der Waals surface area contributed by atoms with Crippen molar-refractivity contribution in [2.45, 2.75) is 39.1 Å². The van der Waals surface area contributed by atoms with E-state index in [0.29, 0.717) is 27.2 Å². The maximum atomic E-state index is 14.3. The molecule has 206 valence electrons. The van der Waals surface area contributed by atoms with Crippen molar-refractivity contribution in [3.05, 3.63) is 94.1 Å². The Morgan fingerprint density at radius 1 is 1.25 bits per heavy atom. The molecule has 0 saturated carbocycles. The lowest BCUT2D eigenvalue weighted by Crippen LogP contribution is -2.25. The molecule has 5 aromatic rings. The Morgan fingerprint density at radius 2 is 2.05 bits per heavy atom. The molecule has 2 atom stereocenters. The van der Waals surface area contributed by atoms with Crippen LogP contribution in [0.1, 0.15) is 59.1 Å². The van der Waals surface area contributed by atoms with Crippen LogP contribution in [-0.4, -0.2) is 35.9 Å². The standard InChI is InChI=1S/C27H24ClFN6O4S/c1-14(36)12-35-23(15(2)19-9-17(29)7-8-20(19)28)24(32-25(35)27(38)30-10-16-11-31-39-13-16)33-26(37)22-18-5-3-4-6-21(18)40-34-22/h3-9,11,13,15,27,30,38H,10,12H2,1-2H3,(H,33,37)/t15-,27?/m1/s1. The number of aliphatic hydroxyl groups excluding tert-OH is 1. The summed E-state index contributed by atoms with van der Waals surface area (Å²) in [4.78, 5) is 30.4. The number of aromatic nitrogens is 4. The molecular formula is C27H24ClFN6O4S. The molecule has 3 N–H and O–H groups in total. The highest BCUT2D eigenvalue weighted by Crippen LogP contribution is 2.36. The Kier molecular flexibility index (Phi) is 8.03. The van der Waals surface area contributed by atoms with Gasteiger partial charge in [-0.2, -0.15) is 4.37 Å². The number of fused-ring (bicyclic) bond motifs is 1. The summed E-state index contributed by atoms with van der Waals surface area (Å²) in [5.41, 5.74) is 1.65. The number of Topliss-reactive ketones (excluding diaryl/α,β-unsaturated/α-hetero) is 1. The summed E-state index contributed by atoms with van der Waals surface area (Å²) < 4.78 is 25.8. The third-order valence-corrected chi connectivity index (χ3v) is 7.47. The first-order chi connectivity index (χ1) is 19.2. The molecule has 0 aliphatic heterocycles. The monoisotopic (exact) mass is 582 g/mol. The van der Waals surface area contributed by atoms with E-state index in [-0.39, 0.29) is 36.2 Å². The van der Waals surface area contributed by atoms with E-state index in [1.54, 1.807) is 13.0 Å². The predicted molar refractivity (Wildman–Crippen MR) is 148 cm³/mol. The molecule has 3 aromatic heterocycles. The number of nitrogens with zero attached hydrogens (tertiary/aromatic N) is 4. The molecule has 1 amide bonds. The zero-order chi connectivity index (χ0) is 28.4. The van der Waals surface area contributed by atoms with Gasteiger partial charge in [0, 0.05) is 28.4 Å². The molecule has 40 heavy (non-hydrogen) atoms. The Hall–Kier alpha value is -3.97. The Balaban J connectivity index is 1.60. The van der Waals surface area contributed by atoms with Crippen LogP contribution in [0.5, 0.6) is 0 Å². The highest BCUT2D eigenvalue weighted by atomic mass is 35.5. The molecule has 0 saturated heterocycles. The van der Waals surface area contributed by atoms with Gasteiger partial charge < -0.3 is 19.5 Å². The zero-order valence-corrected chi connectivity index (χ0v) is 23.0. The minimum atomic E-state index is -1.35. The van der Waals surface area contributed by atoms with Crippen molar-refractivity contribution >= 4 is 50.7 Å². The number of hydrogen-bond acceptors (Lipinski definition) is 9. The van der Waals surface area contributed by atoms with Gasteiger partial charge >= 0.3 is 0 Å². The van der Waals surface area contributed by atoms with Gasteiger partial charge in [0.1, 0.15) is 23.6 Å². The first-order valence-corrected chi connectivity index (χ1v) is 13.4. The molecule has 1 unspecified atom stereocenters. The van der Waals surface area contributed by atoms with E-state index in [0.717, 1.165) is 4.70 Å². The summed E-state index contributed by atoms with van der Waals surface area (Å²) in [5, 5.41) is 21.4. The highest BCUT2D eigenvalue weighted by Gasteiger charge is 2.30. The average Bonchev–Trinajstić information content (AvgIpc) is 3.67. The Labute approximate surface area is 236 Å². The minimum absolute atomic E-state index is 0.0689. The maximum Gasteiger partial charge on any atom is 0.277 e. The Morgan fingerprint density at radius 3 is 2.80 bits per heavy atom. The number of ketones is 1. The second-order valence-electron chi connectivity index (χ2n) is 9.18. The highest BCUT2D eigenvalue weighted by molar-refractivity contribution is 7.13. The lowest BCUT2D eigenvalue weighted by atomic mass is 9.96. The molecule has 5 rings (SSSR count). The zero-order valence-electron chi connectivity index (χ0n) is 21.4. The third kappa shape index (κ3) is 5.65. The van der Waals surface area contributed by atoms with E-state index in [2.05, 4.69) is 25.1 Å². The second-order valence-corrected chi connectivity index (χ2v) is 10.4. The summed E-state index contributed by atoms with van der Waals surface area (Å²) in [6, 6.07) is 11.3. The molecule has 3 heterocycles. The molecule has 0 aliphatic carbocycles. The fourth-order valence-corrected chi connectivity index (χ4v) is 5.50. The number of benzene rings is 2. The molecule has 0 fully saturated rings. The maximum absolute atomic E-state index is 14.3. The van der Waals surface area contributed by atoms with Crippen LogP contribution >= 0.6 is 23.1 Å². The van der Waals surface area contributed by atoms with Gasteiger partial charge in [0.25, 0.3) is 5.91 Å². The quantitative estimate of drug-likeness (QED) is 0.195. The van der Waals surface area contributed by atoms with E-state index in [1.807, 2.05) is 18.2 Å². The number of rotatable bonds is 10. The van der Waals surface area contributed by atoms with Gasteiger partial charge in [0.05, 0.1) is 23.1 Å². The normalized spacial score (nSPS) is 12.9. The van der Waals surface area contributed by atoms with Crippen LogP contribution in [0.25, 0.3) is 10.1 Å². The molecule has 0 aliphatic rings. The van der Waals surface area contributed by atoms with Crippen LogP contribution in [0, 0.1) is 5.82 Å². The topological polar surface area (TPSA) is 135 Å². The summed E-state index contributed by atoms with van der Waals surface area (Å²) in [7, 11) is 0. The number of carbonyl (C=O) groups excluding carboxylic acids is 2. The average molecular weight is 583 g/mol. The molecule has 0 bridgehead atoms. The lowest BCUT2D eigenvalue weighted by molar-refractivity contribution is -0.117. The number of nitrogens with one attached hydrogen (secondary N) is 2. The van der Waals surface area contributed by atoms with Crippen molar-refractivity contribution in [2.24, 2.45) is 0 Å². The van der Waals surface area contributed by atoms with Crippen LogP contribution in [0.3, 0.4) is 0 Å². The molecule has 13 heteroatoms. The predicted octanol–water partition coefficient (Wildman–Crippen LogP) is 5.05. The van der Waals surface area contributed by atoms with Gasteiger partial charge in [-0.05, 0) is 48.3 Å². The number of aliphatic hydroxyl groups is 1. The second kappa shape index (κ2) is 11.6. The van der Waals surface area contributed by atoms with Crippen molar-refractivity contribution in [3.8, 4) is 0 Å². The van der Waals surface area contributed by atoms with E-state index >= 15 is 0 Å². The van der Waals surface area contributed by atoms with Crippen molar-refractivity contribution in [1.29, 1.82) is 0 Å². The van der Waals surface area contributed by atoms with Crippen molar-refractivity contribution in [2.75, 3.05) is 5.32 Å². The van der Waals surface area contributed by atoms with Crippen LogP contribution in [-0.2, 0) is 17.9 Å². The minimum Gasteiger partial charge on any atom is -0.371 e. The van der Waals surface area contributed by atoms with E-state index in [9.17, 15) is 19.1 Å². The van der Waals surface area contributed by atoms with E-state index < -0.39 is 23.9 Å². The van der Waals surface area contributed by atoms with Crippen molar-refractivity contribution in [3.63, 3.8) is 0 Å². The molecule has 0 radical (unpaired) electrons. The Bertz CT molecular complexity index is 1690. The number of anilines is 1. The SMILES string of the molecule is CC(=O)Cn1c(C(O)NCc2cnoc2)nc(NC(=O)c2nsc3ccccc23)c1[C@H](C)c1cc(F)ccc1Cl. The number of amides is 1. The smallest absolute Gasteiger partial charge is 0.277 e. The van der Waals surface area contributed by atoms with Crippen molar-refractivity contribution in [1.82, 2.24) is 24.4 Å². The van der Waals surface area contributed by atoms with Crippen LogP contribution in [0.2, 0.25) is 5.02 Å². The summed E-state index contributed by atoms with van der Waals surface area (Å²) in [6.45, 7) is 3.16. The largest absolute Gasteiger partial charge is 0.371 e. The fraction of sp³-hybridized carbons (Fsp3) is 0.222. The van der Waals surface area contributed by atoms with Crippen LogP contribution < -0.4 is 10.6 Å². The number of halogens is 2. The number of imidazole rings is 1. The van der Waals surface area contributed by atoms with Crippen LogP contribution in [0.4, 0.5) is 10.2 Å². The summed E-state index contributed by atoms with van der Waals surface area (Å²) in [6.07, 6.45) is 1.56. The van der Waals surface area contributed by atoms with Gasteiger partial charge in [-0.15, -0.1) is 0 Å². The first-order valence-electron chi connectivity index (χ1n) is 12.2. The molecule has 2 aromatic carbocycles. The van der Waals surface area contributed by atoms with Crippen LogP contribution in [0.15, 0.2) is 59.4 Å². The number of carbonyl (C=O) groups is 2. The van der Waals surface area contributed by atoms with Gasteiger partial charge in [0.2, 0.25) is 0 Å². The third-order valence-electron chi connectivity index (χ3n) is 6.30. The van der Waals surface area contributed by atoms with Crippen molar-refractivity contribution < 1.29 is 23.6 Å². The molecular weight excluding hydrogens is 559 g/mol. The van der Waals surface area contributed by atoms with Gasteiger partial charge in [-0.3, -0.25) is 14.9 Å². The van der Waals surface area contributed by atoms with Gasteiger partial charge in [0.15, 0.2) is 17.9 Å². The number of hydrogen-bond donors (Lipinski definition) is 3. The van der Waals surface area contributed by atoms with E-state index in [4.69, 9.17) is 16.1 Å². The lowest BCUT2D eigenvalue weighted by Gasteiger charge is -2.20. The molecule has 0 spiro atoms. The summed E-state index contributed by atoms with van der Waals surface area (Å²) in [5.74, 6) is -1.75.